The fourth-order valence-electron chi connectivity index (χ4n) is 5.55. The Morgan fingerprint density at radius 3 is 2.26 bits per heavy atom. The molecule has 0 aliphatic heterocycles. The number of hydrogen-bond acceptors (Lipinski definition) is 3. The molecule has 6 nitrogen and oxygen atoms in total. The van der Waals surface area contributed by atoms with E-state index in [2.05, 4.69) is 49.6 Å². The summed E-state index contributed by atoms with van der Waals surface area (Å²) in [5, 5.41) is 1.22. The number of hydrogen-bond donors (Lipinski definition) is 1. The number of para-hydroxylation sites is 1. The van der Waals surface area contributed by atoms with Gasteiger partial charge in [0.25, 0.3) is 17.2 Å². The van der Waals surface area contributed by atoms with Gasteiger partial charge in [0.15, 0.2) is 0 Å². The van der Waals surface area contributed by atoms with Gasteiger partial charge in [-0.15, -0.1) is 0 Å². The van der Waals surface area contributed by atoms with Crippen LogP contribution in [0.4, 0.5) is 5.69 Å². The molecule has 0 aliphatic carbocycles. The van der Waals surface area contributed by atoms with E-state index in [4.69, 9.17) is 4.98 Å². The number of aryl methyl sites for hydroxylation is 3. The normalized spacial score (nSPS) is 12.0. The number of fused-ring (bicyclic) bond motifs is 1. The highest BCUT2D eigenvalue weighted by atomic mass is 32.2. The van der Waals surface area contributed by atoms with Crippen molar-refractivity contribution in [1.29, 1.82) is 0 Å². The standard InChI is InChI=1S/C36H39N3O3S/c1-4-6-15-30-23-26(3)33-24-31(16-7-5-2)38(35(33)37-30)25-27-19-21-28(22-20-27)32-17-11-12-18-34(32)39(43(41)42)36(40)29-13-9-8-10-14-29/h8-14,17-24H,4-7,15-16,25H2,1-3H3,(H,41,42). The first-order chi connectivity index (χ1) is 20.9. The van der Waals surface area contributed by atoms with Gasteiger partial charge in [-0.2, -0.15) is 0 Å². The van der Waals surface area contributed by atoms with Crippen molar-refractivity contribution in [2.24, 2.45) is 0 Å². The highest BCUT2D eigenvalue weighted by molar-refractivity contribution is 7.81. The second-order valence-corrected chi connectivity index (χ2v) is 11.8. The molecule has 0 radical (unpaired) electrons. The summed E-state index contributed by atoms with van der Waals surface area (Å²) >= 11 is -2.55. The van der Waals surface area contributed by atoms with Gasteiger partial charge in [0, 0.05) is 34.4 Å². The van der Waals surface area contributed by atoms with Crippen LogP contribution < -0.4 is 4.31 Å². The Bertz CT molecular complexity index is 1730. The Kier molecular flexibility index (Phi) is 9.85. The molecule has 5 rings (SSSR count). The molecular formula is C36H39N3O3S. The largest absolute Gasteiger partial charge is 0.325 e. The Morgan fingerprint density at radius 2 is 1.56 bits per heavy atom. The third-order valence-corrected chi connectivity index (χ3v) is 8.55. The Hall–Kier alpha value is -4.07. The molecule has 1 unspecified atom stereocenters. The van der Waals surface area contributed by atoms with Gasteiger partial charge in [-0.3, -0.25) is 9.35 Å². The maximum absolute atomic E-state index is 13.3. The number of anilines is 1. The minimum absolute atomic E-state index is 0.342. The smallest absolute Gasteiger partial charge is 0.272 e. The van der Waals surface area contributed by atoms with Crippen LogP contribution in [0.15, 0.2) is 91.0 Å². The van der Waals surface area contributed by atoms with E-state index in [0.717, 1.165) is 65.3 Å². The lowest BCUT2D eigenvalue weighted by molar-refractivity contribution is 0.100. The highest BCUT2D eigenvalue weighted by Crippen LogP contribution is 2.33. The van der Waals surface area contributed by atoms with Gasteiger partial charge in [-0.25, -0.2) is 13.5 Å². The first-order valence-electron chi connectivity index (χ1n) is 15.1. The molecule has 1 N–H and O–H groups in total. The van der Waals surface area contributed by atoms with Gasteiger partial charge in [0.2, 0.25) is 0 Å². The summed E-state index contributed by atoms with van der Waals surface area (Å²) in [4.78, 5) is 18.4. The molecule has 0 saturated carbocycles. The number of aromatic nitrogens is 2. The van der Waals surface area contributed by atoms with Crippen molar-refractivity contribution < 1.29 is 13.6 Å². The molecule has 0 saturated heterocycles. The highest BCUT2D eigenvalue weighted by Gasteiger charge is 2.25. The van der Waals surface area contributed by atoms with Crippen molar-refractivity contribution in [2.75, 3.05) is 4.31 Å². The molecule has 2 aromatic heterocycles. The zero-order valence-corrected chi connectivity index (χ0v) is 25.9. The maximum atomic E-state index is 13.3. The minimum Gasteiger partial charge on any atom is -0.325 e. The zero-order valence-electron chi connectivity index (χ0n) is 25.1. The second-order valence-electron chi connectivity index (χ2n) is 11.0. The molecule has 43 heavy (non-hydrogen) atoms. The average molecular weight is 594 g/mol. The summed E-state index contributed by atoms with van der Waals surface area (Å²) < 4.78 is 25.9. The quantitative estimate of drug-likeness (QED) is 0.147. The zero-order chi connectivity index (χ0) is 30.3. The maximum Gasteiger partial charge on any atom is 0.272 e. The predicted molar refractivity (Wildman–Crippen MR) is 177 cm³/mol. The number of rotatable bonds is 12. The van der Waals surface area contributed by atoms with Crippen molar-refractivity contribution in [3.05, 3.63) is 119 Å². The third kappa shape index (κ3) is 6.79. The summed E-state index contributed by atoms with van der Waals surface area (Å²) in [6.45, 7) is 7.32. The number of benzene rings is 3. The van der Waals surface area contributed by atoms with Gasteiger partial charge in [-0.1, -0.05) is 87.4 Å². The summed E-state index contributed by atoms with van der Waals surface area (Å²) in [7, 11) is 0. The molecule has 3 aromatic carbocycles. The summed E-state index contributed by atoms with van der Waals surface area (Å²) in [6.07, 6.45) is 6.52. The first-order valence-corrected chi connectivity index (χ1v) is 16.1. The Balaban J connectivity index is 1.49. The van der Waals surface area contributed by atoms with E-state index in [1.54, 1.807) is 42.5 Å². The molecule has 0 aliphatic rings. The minimum atomic E-state index is -2.55. The van der Waals surface area contributed by atoms with Crippen LogP contribution in [0.2, 0.25) is 0 Å². The Labute approximate surface area is 256 Å². The fourth-order valence-corrected chi connectivity index (χ4v) is 6.13. The first kappa shape index (κ1) is 30.4. The molecule has 0 bridgehead atoms. The summed E-state index contributed by atoms with van der Waals surface area (Å²) in [5.41, 5.74) is 8.19. The fraction of sp³-hybridized carbons (Fsp3) is 0.278. The molecule has 222 valence electrons. The van der Waals surface area contributed by atoms with E-state index in [1.807, 2.05) is 24.3 Å². The van der Waals surface area contributed by atoms with E-state index in [1.165, 1.54) is 16.6 Å². The molecule has 7 heteroatoms. The van der Waals surface area contributed by atoms with Gasteiger partial charge in [0.1, 0.15) is 5.65 Å². The average Bonchev–Trinajstić information content (AvgIpc) is 3.37. The van der Waals surface area contributed by atoms with Crippen molar-refractivity contribution in [3.63, 3.8) is 0 Å². The van der Waals surface area contributed by atoms with Crippen molar-refractivity contribution in [2.45, 2.75) is 65.8 Å². The molecule has 1 atom stereocenters. The van der Waals surface area contributed by atoms with Crippen molar-refractivity contribution in [1.82, 2.24) is 9.55 Å². The topological polar surface area (TPSA) is 75.4 Å². The molecule has 0 fully saturated rings. The van der Waals surface area contributed by atoms with E-state index >= 15 is 0 Å². The van der Waals surface area contributed by atoms with E-state index < -0.39 is 17.2 Å². The van der Waals surface area contributed by atoms with Crippen LogP contribution in [0.1, 0.15) is 72.4 Å². The van der Waals surface area contributed by atoms with Crippen LogP contribution in [0.25, 0.3) is 22.2 Å². The molecular weight excluding hydrogens is 554 g/mol. The van der Waals surface area contributed by atoms with E-state index in [-0.39, 0.29) is 0 Å². The van der Waals surface area contributed by atoms with Crippen LogP contribution in [0.3, 0.4) is 0 Å². The van der Waals surface area contributed by atoms with Crippen LogP contribution >= 0.6 is 0 Å². The van der Waals surface area contributed by atoms with Crippen LogP contribution in [0.5, 0.6) is 0 Å². The van der Waals surface area contributed by atoms with Crippen LogP contribution in [-0.2, 0) is 30.7 Å². The van der Waals surface area contributed by atoms with E-state index in [9.17, 15) is 13.6 Å². The monoisotopic (exact) mass is 593 g/mol. The van der Waals surface area contributed by atoms with Crippen molar-refractivity contribution in [3.8, 4) is 11.1 Å². The lowest BCUT2D eigenvalue weighted by Gasteiger charge is -2.21. The lowest BCUT2D eigenvalue weighted by atomic mass is 10.0. The number of pyridine rings is 1. The number of amides is 1. The lowest BCUT2D eigenvalue weighted by Crippen LogP contribution is -2.32. The number of carbonyl (C=O) groups excluding carboxylic acids is 1. The van der Waals surface area contributed by atoms with Crippen molar-refractivity contribution >= 4 is 33.9 Å². The van der Waals surface area contributed by atoms with E-state index in [0.29, 0.717) is 23.4 Å². The summed E-state index contributed by atoms with van der Waals surface area (Å²) in [6, 6.07) is 28.5. The molecule has 2 heterocycles. The predicted octanol–water partition coefficient (Wildman–Crippen LogP) is 8.53. The molecule has 0 spiro atoms. The Morgan fingerprint density at radius 1 is 0.884 bits per heavy atom. The summed E-state index contributed by atoms with van der Waals surface area (Å²) in [5.74, 6) is -0.536. The SMILES string of the molecule is CCCCc1cc(C)c2cc(CCCC)n(Cc3ccc(-c4ccccc4N(C(=O)c4ccccc4)S(=O)O)cc3)c2n1. The third-order valence-electron chi connectivity index (χ3n) is 7.87. The second kappa shape index (κ2) is 13.9. The molecule has 1 amide bonds. The van der Waals surface area contributed by atoms with Crippen LogP contribution in [-0.4, -0.2) is 24.2 Å². The van der Waals surface area contributed by atoms with Gasteiger partial charge in [0.05, 0.1) is 5.69 Å². The molecule has 5 aromatic rings. The van der Waals surface area contributed by atoms with Gasteiger partial charge >= 0.3 is 0 Å². The number of nitrogens with zero attached hydrogens (tertiary/aromatic N) is 3. The number of carbonyl (C=O) groups is 1. The van der Waals surface area contributed by atoms with Gasteiger partial charge in [-0.05, 0) is 79.6 Å². The van der Waals surface area contributed by atoms with Crippen LogP contribution in [0, 0.1) is 6.92 Å². The van der Waals surface area contributed by atoms with Gasteiger partial charge < -0.3 is 4.57 Å². The number of unbranched alkanes of at least 4 members (excludes halogenated alkanes) is 2.